The molecule has 0 atom stereocenters. The Labute approximate surface area is 228 Å². The van der Waals surface area contributed by atoms with Gasteiger partial charge in [0.15, 0.2) is 0 Å². The van der Waals surface area contributed by atoms with Gasteiger partial charge in [0.25, 0.3) is 5.89 Å². The van der Waals surface area contributed by atoms with Crippen LogP contribution in [0.2, 0.25) is 0 Å². The number of rotatable bonds is 5. The minimum Gasteiger partial charge on any atom is -0.360 e. The molecule has 7 rings (SSSR count). The molecule has 2 aliphatic rings. The molecule has 0 saturated heterocycles. The Balaban J connectivity index is 1.30. The van der Waals surface area contributed by atoms with Crippen molar-refractivity contribution in [3.63, 3.8) is 0 Å². The van der Waals surface area contributed by atoms with Crippen LogP contribution in [0, 0.1) is 0 Å². The minimum atomic E-state index is -0.0493. The number of aromatic nitrogens is 2. The maximum absolute atomic E-state index is 5.55. The number of anilines is 3. The number of benzene rings is 4. The predicted molar refractivity (Wildman–Crippen MR) is 159 cm³/mol. The standard InChI is InChI=1S/C33H25BN4O/c1-2-10-18-28(17-9-1)37-30-19-11-12-20-31(30)38(34(37)27-15-7-4-8-16-27)29-23-21-25(22-24-29)32-35-33(39-36-32)26-13-5-3-6-14-26/h1,3-24H,2H2. The lowest BCUT2D eigenvalue weighted by molar-refractivity contribution is 0.432. The molecule has 5 nitrogen and oxygen atoms in total. The van der Waals surface area contributed by atoms with Crippen molar-refractivity contribution in [2.45, 2.75) is 6.42 Å². The van der Waals surface area contributed by atoms with E-state index in [4.69, 9.17) is 4.52 Å². The highest BCUT2D eigenvalue weighted by atomic mass is 16.5. The molecular weight excluding hydrogens is 479 g/mol. The van der Waals surface area contributed by atoms with E-state index in [9.17, 15) is 0 Å². The molecule has 1 aliphatic carbocycles. The summed E-state index contributed by atoms with van der Waals surface area (Å²) in [7, 11) is 0. The highest BCUT2D eigenvalue weighted by Gasteiger charge is 2.43. The number of hydrogen-bond acceptors (Lipinski definition) is 5. The summed E-state index contributed by atoms with van der Waals surface area (Å²) in [6.07, 6.45) is 11.9. The van der Waals surface area contributed by atoms with Gasteiger partial charge in [0, 0.05) is 22.5 Å². The average Bonchev–Trinajstić information content (AvgIpc) is 3.53. The van der Waals surface area contributed by atoms with Crippen LogP contribution in [0.3, 0.4) is 0 Å². The molecule has 0 spiro atoms. The van der Waals surface area contributed by atoms with Crippen LogP contribution in [0.4, 0.5) is 17.1 Å². The van der Waals surface area contributed by atoms with Gasteiger partial charge in [-0.1, -0.05) is 84.0 Å². The SMILES string of the molecule is C1=CCC=CC(N2B(c3ccccc3)N(c3ccc(-c4noc(-c5ccccc5)n4)cc3)c3ccccc32)=C1. The zero-order chi connectivity index (χ0) is 26.0. The fourth-order valence-corrected chi connectivity index (χ4v) is 5.27. The van der Waals surface area contributed by atoms with Crippen LogP contribution in [0.15, 0.2) is 150 Å². The lowest BCUT2D eigenvalue weighted by Gasteiger charge is -2.30. The van der Waals surface area contributed by atoms with Gasteiger partial charge in [-0.2, -0.15) is 4.98 Å². The maximum Gasteiger partial charge on any atom is 0.420 e. The van der Waals surface area contributed by atoms with Crippen molar-refractivity contribution in [1.29, 1.82) is 0 Å². The van der Waals surface area contributed by atoms with Gasteiger partial charge in [-0.15, -0.1) is 0 Å². The molecule has 5 aromatic rings. The van der Waals surface area contributed by atoms with E-state index in [1.807, 2.05) is 30.3 Å². The molecule has 6 heteroatoms. The molecular formula is C33H25BN4O. The van der Waals surface area contributed by atoms with Crippen molar-refractivity contribution in [2.24, 2.45) is 0 Å². The van der Waals surface area contributed by atoms with Crippen LogP contribution >= 0.6 is 0 Å². The van der Waals surface area contributed by atoms with Crippen molar-refractivity contribution in [1.82, 2.24) is 10.1 Å². The first-order valence-electron chi connectivity index (χ1n) is 13.1. The van der Waals surface area contributed by atoms with Crippen molar-refractivity contribution >= 4 is 29.5 Å². The summed E-state index contributed by atoms with van der Waals surface area (Å²) in [6, 6.07) is 37.5. The summed E-state index contributed by atoms with van der Waals surface area (Å²) in [5, 5.41) is 4.24. The normalized spacial score (nSPS) is 14.4. The second-order valence-corrected chi connectivity index (χ2v) is 9.51. The Kier molecular flexibility index (Phi) is 5.90. The summed E-state index contributed by atoms with van der Waals surface area (Å²) < 4.78 is 5.55. The topological polar surface area (TPSA) is 45.4 Å². The van der Waals surface area contributed by atoms with Gasteiger partial charge in [0.2, 0.25) is 5.82 Å². The van der Waals surface area contributed by atoms with Gasteiger partial charge >= 0.3 is 6.98 Å². The third-order valence-corrected chi connectivity index (χ3v) is 7.08. The fourth-order valence-electron chi connectivity index (χ4n) is 5.27. The number of nitrogens with zero attached hydrogens (tertiary/aromatic N) is 4. The molecule has 4 aromatic carbocycles. The first kappa shape index (κ1) is 23.1. The van der Waals surface area contributed by atoms with Crippen LogP contribution in [0.25, 0.3) is 22.8 Å². The Hall–Kier alpha value is -5.10. The third-order valence-electron chi connectivity index (χ3n) is 7.08. The van der Waals surface area contributed by atoms with Crippen LogP contribution in [0.1, 0.15) is 6.42 Å². The molecule has 39 heavy (non-hydrogen) atoms. The van der Waals surface area contributed by atoms with E-state index in [1.54, 1.807) is 0 Å². The van der Waals surface area contributed by atoms with E-state index in [0.29, 0.717) is 11.7 Å². The van der Waals surface area contributed by atoms with Crippen LogP contribution in [0.5, 0.6) is 0 Å². The predicted octanol–water partition coefficient (Wildman–Crippen LogP) is 7.16. The summed E-state index contributed by atoms with van der Waals surface area (Å²) in [6.45, 7) is -0.0493. The first-order chi connectivity index (χ1) is 19.4. The van der Waals surface area contributed by atoms with Crippen molar-refractivity contribution in [2.75, 3.05) is 9.62 Å². The van der Waals surface area contributed by atoms with Crippen molar-refractivity contribution in [3.05, 3.63) is 145 Å². The Morgan fingerprint density at radius 3 is 2.13 bits per heavy atom. The van der Waals surface area contributed by atoms with E-state index in [0.717, 1.165) is 34.6 Å². The quantitative estimate of drug-likeness (QED) is 0.238. The molecule has 0 radical (unpaired) electrons. The summed E-state index contributed by atoms with van der Waals surface area (Å²) in [5.41, 5.74) is 7.60. The second-order valence-electron chi connectivity index (χ2n) is 9.51. The largest absolute Gasteiger partial charge is 0.420 e. The highest BCUT2D eigenvalue weighted by Crippen LogP contribution is 2.44. The summed E-state index contributed by atoms with van der Waals surface area (Å²) in [5.74, 6) is 1.09. The first-order valence-corrected chi connectivity index (χ1v) is 13.1. The molecule has 0 amide bonds. The Morgan fingerprint density at radius 1 is 0.667 bits per heavy atom. The van der Waals surface area contributed by atoms with E-state index >= 15 is 0 Å². The molecule has 0 saturated carbocycles. The third kappa shape index (κ3) is 4.26. The lowest BCUT2D eigenvalue weighted by Crippen LogP contribution is -2.54. The van der Waals surface area contributed by atoms with E-state index in [-0.39, 0.29) is 6.98 Å². The van der Waals surface area contributed by atoms with Crippen LogP contribution in [-0.4, -0.2) is 17.1 Å². The summed E-state index contributed by atoms with van der Waals surface area (Å²) >= 11 is 0. The average molecular weight is 504 g/mol. The molecule has 0 fully saturated rings. The minimum absolute atomic E-state index is 0.0493. The highest BCUT2D eigenvalue weighted by molar-refractivity contribution is 6.83. The van der Waals surface area contributed by atoms with Gasteiger partial charge in [-0.3, -0.25) is 0 Å². The second kappa shape index (κ2) is 9.99. The zero-order valence-electron chi connectivity index (χ0n) is 21.3. The fraction of sp³-hybridized carbons (Fsp3) is 0.0303. The monoisotopic (exact) mass is 504 g/mol. The Morgan fingerprint density at radius 2 is 1.36 bits per heavy atom. The molecule has 0 N–H and O–H groups in total. The van der Waals surface area contributed by atoms with Gasteiger partial charge in [0.1, 0.15) is 0 Å². The van der Waals surface area contributed by atoms with Crippen molar-refractivity contribution in [3.8, 4) is 22.8 Å². The maximum atomic E-state index is 5.55. The molecule has 0 unspecified atom stereocenters. The van der Waals surface area contributed by atoms with Crippen molar-refractivity contribution < 1.29 is 4.52 Å². The zero-order valence-corrected chi connectivity index (χ0v) is 21.3. The van der Waals surface area contributed by atoms with Gasteiger partial charge in [-0.05, 0) is 72.6 Å². The van der Waals surface area contributed by atoms with Gasteiger partial charge in [-0.25, -0.2) is 0 Å². The number of fused-ring (bicyclic) bond motifs is 1. The summed E-state index contributed by atoms with van der Waals surface area (Å²) in [4.78, 5) is 9.47. The smallest absolute Gasteiger partial charge is 0.360 e. The molecule has 1 aromatic heterocycles. The molecule has 2 heterocycles. The van der Waals surface area contributed by atoms with E-state index < -0.39 is 0 Å². The molecule has 1 aliphatic heterocycles. The van der Waals surface area contributed by atoms with Gasteiger partial charge in [0.05, 0.1) is 11.4 Å². The molecule has 0 bridgehead atoms. The molecule has 186 valence electrons. The van der Waals surface area contributed by atoms with Crippen LogP contribution < -0.4 is 15.1 Å². The number of para-hydroxylation sites is 2. The van der Waals surface area contributed by atoms with E-state index in [2.05, 4.69) is 129 Å². The van der Waals surface area contributed by atoms with E-state index in [1.165, 1.54) is 11.2 Å². The number of allylic oxidation sites excluding steroid dienone is 5. The number of hydrogen-bond donors (Lipinski definition) is 0. The van der Waals surface area contributed by atoms with Crippen LogP contribution in [-0.2, 0) is 0 Å². The van der Waals surface area contributed by atoms with Gasteiger partial charge < -0.3 is 14.1 Å². The Bertz CT molecular complexity index is 1690. The lowest BCUT2D eigenvalue weighted by atomic mass is 9.64.